The van der Waals surface area contributed by atoms with Crippen molar-refractivity contribution in [2.75, 3.05) is 18.4 Å². The van der Waals surface area contributed by atoms with Crippen LogP contribution in [0.4, 0.5) is 5.69 Å². The first kappa shape index (κ1) is 18.2. The van der Waals surface area contributed by atoms with Crippen molar-refractivity contribution in [3.05, 3.63) is 41.5 Å². The fourth-order valence-electron chi connectivity index (χ4n) is 2.96. The molecule has 0 heterocycles. The summed E-state index contributed by atoms with van der Waals surface area (Å²) in [6.07, 6.45) is 8.90. The van der Waals surface area contributed by atoms with Crippen LogP contribution in [-0.2, 0) is 16.0 Å². The molecule has 0 saturated heterocycles. The number of nitrogens with one attached hydrogen (secondary N) is 1. The molecule has 1 N–H and O–H groups in total. The van der Waals surface area contributed by atoms with Crippen molar-refractivity contribution < 1.29 is 9.59 Å². The average molecular weight is 328 g/mol. The van der Waals surface area contributed by atoms with Crippen LogP contribution in [0.5, 0.6) is 0 Å². The van der Waals surface area contributed by atoms with Crippen molar-refractivity contribution in [3.63, 3.8) is 0 Å². The molecule has 0 bridgehead atoms. The Kier molecular flexibility index (Phi) is 7.04. The molecule has 0 aromatic heterocycles. The predicted molar refractivity (Wildman–Crippen MR) is 97.9 cm³/mol. The van der Waals surface area contributed by atoms with Crippen molar-refractivity contribution in [1.82, 2.24) is 4.90 Å². The second-order valence-corrected chi connectivity index (χ2v) is 6.40. The van der Waals surface area contributed by atoms with Gasteiger partial charge >= 0.3 is 0 Å². The highest BCUT2D eigenvalue weighted by Crippen LogP contribution is 2.20. The van der Waals surface area contributed by atoms with Gasteiger partial charge in [-0.15, -0.1) is 0 Å². The first-order chi connectivity index (χ1) is 11.6. The van der Waals surface area contributed by atoms with Crippen molar-refractivity contribution in [3.8, 4) is 0 Å². The normalized spacial score (nSPS) is 14.0. The van der Waals surface area contributed by atoms with E-state index in [1.807, 2.05) is 24.3 Å². The van der Waals surface area contributed by atoms with E-state index in [-0.39, 0.29) is 18.4 Å². The van der Waals surface area contributed by atoms with Gasteiger partial charge in [0.05, 0.1) is 6.54 Å². The highest BCUT2D eigenvalue weighted by atomic mass is 16.2. The number of hydrogen-bond acceptors (Lipinski definition) is 2. The molecule has 130 valence electrons. The molecule has 2 rings (SSSR count). The van der Waals surface area contributed by atoms with Gasteiger partial charge < -0.3 is 10.2 Å². The molecular weight excluding hydrogens is 300 g/mol. The zero-order valence-corrected chi connectivity index (χ0v) is 14.8. The zero-order chi connectivity index (χ0) is 17.4. The summed E-state index contributed by atoms with van der Waals surface area (Å²) in [4.78, 5) is 25.7. The molecule has 4 heteroatoms. The van der Waals surface area contributed by atoms with E-state index in [1.54, 1.807) is 4.90 Å². The number of benzene rings is 1. The number of amides is 2. The Morgan fingerprint density at radius 2 is 1.92 bits per heavy atom. The van der Waals surface area contributed by atoms with Gasteiger partial charge in [-0.2, -0.15) is 0 Å². The maximum Gasteiger partial charge on any atom is 0.243 e. The minimum absolute atomic E-state index is 0.0529. The predicted octanol–water partition coefficient (Wildman–Crippen LogP) is 3.93. The standard InChI is InChI=1S/C20H28N2O2/c1-3-17-9-11-19(12-10-17)21-20(24)15-22(16(2)23)14-13-18-7-5-4-6-8-18/h7,9-12H,3-6,8,13-15H2,1-2H3,(H,21,24). The lowest BCUT2D eigenvalue weighted by Crippen LogP contribution is -2.37. The van der Waals surface area contributed by atoms with Crippen molar-refractivity contribution in [2.45, 2.75) is 52.4 Å². The molecule has 1 aliphatic carbocycles. The summed E-state index contributed by atoms with van der Waals surface area (Å²) in [7, 11) is 0. The highest BCUT2D eigenvalue weighted by molar-refractivity contribution is 5.94. The average Bonchev–Trinajstić information content (AvgIpc) is 2.60. The quantitative estimate of drug-likeness (QED) is 0.771. The van der Waals surface area contributed by atoms with Gasteiger partial charge in [0.2, 0.25) is 11.8 Å². The molecule has 2 amide bonds. The molecule has 0 fully saturated rings. The van der Waals surface area contributed by atoms with Crippen LogP contribution in [0.25, 0.3) is 0 Å². The minimum atomic E-state index is -0.146. The van der Waals surface area contributed by atoms with Crippen molar-refractivity contribution in [1.29, 1.82) is 0 Å². The molecule has 1 aromatic rings. The third kappa shape index (κ3) is 5.84. The molecule has 24 heavy (non-hydrogen) atoms. The van der Waals surface area contributed by atoms with Crippen LogP contribution in [0.2, 0.25) is 0 Å². The van der Waals surface area contributed by atoms with Gasteiger partial charge in [0.15, 0.2) is 0 Å². The monoisotopic (exact) mass is 328 g/mol. The van der Waals surface area contributed by atoms with E-state index in [2.05, 4.69) is 18.3 Å². The van der Waals surface area contributed by atoms with Crippen molar-refractivity contribution in [2.24, 2.45) is 0 Å². The molecule has 0 spiro atoms. The van der Waals surface area contributed by atoms with E-state index in [0.717, 1.165) is 31.4 Å². The Labute approximate surface area is 144 Å². The van der Waals surface area contributed by atoms with E-state index >= 15 is 0 Å². The number of rotatable bonds is 7. The summed E-state index contributed by atoms with van der Waals surface area (Å²) in [6, 6.07) is 7.82. The van der Waals surface area contributed by atoms with Crippen molar-refractivity contribution >= 4 is 17.5 Å². The Bertz CT molecular complexity index is 590. The molecule has 0 unspecified atom stereocenters. The summed E-state index contributed by atoms with van der Waals surface area (Å²) in [5.74, 6) is -0.199. The number of aryl methyl sites for hydroxylation is 1. The SMILES string of the molecule is CCc1ccc(NC(=O)CN(CCC2=CCCCC2)C(C)=O)cc1. The largest absolute Gasteiger partial charge is 0.333 e. The lowest BCUT2D eigenvalue weighted by atomic mass is 9.97. The summed E-state index contributed by atoms with van der Waals surface area (Å²) in [6.45, 7) is 4.35. The first-order valence-electron chi connectivity index (χ1n) is 8.90. The lowest BCUT2D eigenvalue weighted by molar-refractivity contribution is -0.132. The van der Waals surface area contributed by atoms with Gasteiger partial charge in [0, 0.05) is 19.2 Å². The third-order valence-electron chi connectivity index (χ3n) is 4.51. The molecule has 1 aromatic carbocycles. The maximum atomic E-state index is 12.2. The summed E-state index contributed by atoms with van der Waals surface area (Å²) in [5.41, 5.74) is 3.43. The Morgan fingerprint density at radius 1 is 1.17 bits per heavy atom. The van der Waals surface area contributed by atoms with Crippen LogP contribution in [0, 0.1) is 0 Å². The van der Waals surface area contributed by atoms with Gasteiger partial charge in [-0.25, -0.2) is 0 Å². The van der Waals surface area contributed by atoms with E-state index in [9.17, 15) is 9.59 Å². The van der Waals surface area contributed by atoms with Gasteiger partial charge in [-0.3, -0.25) is 9.59 Å². The van der Waals surface area contributed by atoms with Gasteiger partial charge in [0.1, 0.15) is 0 Å². The van der Waals surface area contributed by atoms with Crippen LogP contribution < -0.4 is 5.32 Å². The third-order valence-corrected chi connectivity index (χ3v) is 4.51. The van der Waals surface area contributed by atoms with E-state index < -0.39 is 0 Å². The Morgan fingerprint density at radius 3 is 2.50 bits per heavy atom. The number of carbonyl (C=O) groups excluding carboxylic acids is 2. The first-order valence-corrected chi connectivity index (χ1v) is 8.90. The molecule has 4 nitrogen and oxygen atoms in total. The van der Waals surface area contributed by atoms with Crippen LogP contribution in [0.15, 0.2) is 35.9 Å². The topological polar surface area (TPSA) is 49.4 Å². The van der Waals surface area contributed by atoms with Gasteiger partial charge in [-0.05, 0) is 56.2 Å². The second kappa shape index (κ2) is 9.26. The number of nitrogens with zero attached hydrogens (tertiary/aromatic N) is 1. The summed E-state index contributed by atoms with van der Waals surface area (Å²) >= 11 is 0. The smallest absolute Gasteiger partial charge is 0.243 e. The molecule has 0 saturated carbocycles. The second-order valence-electron chi connectivity index (χ2n) is 6.40. The molecule has 0 radical (unpaired) electrons. The zero-order valence-electron chi connectivity index (χ0n) is 14.8. The lowest BCUT2D eigenvalue weighted by Gasteiger charge is -2.22. The molecule has 0 aliphatic heterocycles. The van der Waals surface area contributed by atoms with Gasteiger partial charge in [-0.1, -0.05) is 30.7 Å². The Hall–Kier alpha value is -2.10. The Balaban J connectivity index is 1.85. The maximum absolute atomic E-state index is 12.2. The van der Waals surface area contributed by atoms with Crippen LogP contribution >= 0.6 is 0 Å². The van der Waals surface area contributed by atoms with Crippen LogP contribution in [0.3, 0.4) is 0 Å². The minimum Gasteiger partial charge on any atom is -0.333 e. The summed E-state index contributed by atoms with van der Waals surface area (Å²) in [5, 5.41) is 2.87. The number of allylic oxidation sites excluding steroid dienone is 1. The van der Waals surface area contributed by atoms with Crippen LogP contribution in [-0.4, -0.2) is 29.8 Å². The number of anilines is 1. The van der Waals surface area contributed by atoms with Crippen LogP contribution in [0.1, 0.15) is 51.5 Å². The molecule has 0 atom stereocenters. The highest BCUT2D eigenvalue weighted by Gasteiger charge is 2.15. The fourth-order valence-corrected chi connectivity index (χ4v) is 2.96. The summed E-state index contributed by atoms with van der Waals surface area (Å²) < 4.78 is 0. The van der Waals surface area contributed by atoms with E-state index in [1.165, 1.54) is 30.9 Å². The van der Waals surface area contributed by atoms with Gasteiger partial charge in [0.25, 0.3) is 0 Å². The number of carbonyl (C=O) groups is 2. The molecule has 1 aliphatic rings. The fraction of sp³-hybridized carbons (Fsp3) is 0.500. The van der Waals surface area contributed by atoms with E-state index in [4.69, 9.17) is 0 Å². The number of hydrogen-bond donors (Lipinski definition) is 1. The van der Waals surface area contributed by atoms with E-state index in [0.29, 0.717) is 6.54 Å². The molecular formula is C20H28N2O2.